The number of hydrogen-bond acceptors (Lipinski definition) is 4. The van der Waals surface area contributed by atoms with Gasteiger partial charge in [0.05, 0.1) is 12.3 Å². The average Bonchev–Trinajstić information content (AvgIpc) is 3.07. The molecule has 5 heteroatoms. The molecule has 0 radical (unpaired) electrons. The summed E-state index contributed by atoms with van der Waals surface area (Å²) in [6, 6.07) is 3.74. The van der Waals surface area contributed by atoms with Gasteiger partial charge < -0.3 is 9.64 Å². The van der Waals surface area contributed by atoms with Gasteiger partial charge in [-0.3, -0.25) is 9.78 Å². The lowest BCUT2D eigenvalue weighted by molar-refractivity contribution is -0.130. The molecular weight excluding hydrogens is 296 g/mol. The molecule has 2 aliphatic rings. The Kier molecular flexibility index (Phi) is 5.59. The quantitative estimate of drug-likeness (QED) is 0.836. The van der Waals surface area contributed by atoms with Crippen LogP contribution >= 0.6 is 11.8 Å². The second-order valence-corrected chi connectivity index (χ2v) is 7.41. The molecule has 120 valence electrons. The summed E-state index contributed by atoms with van der Waals surface area (Å²) < 4.78 is 5.97. The SMILES string of the molecule is O=C(CSC1CCCC1)N1CCCC(Oc2ccncc2)C1. The van der Waals surface area contributed by atoms with Crippen LogP contribution in [0.1, 0.15) is 38.5 Å². The molecule has 0 aromatic carbocycles. The van der Waals surface area contributed by atoms with Crippen molar-refractivity contribution in [2.75, 3.05) is 18.8 Å². The molecule has 1 atom stereocenters. The van der Waals surface area contributed by atoms with E-state index in [-0.39, 0.29) is 12.0 Å². The lowest BCUT2D eigenvalue weighted by Crippen LogP contribution is -2.45. The zero-order valence-corrected chi connectivity index (χ0v) is 13.8. The average molecular weight is 320 g/mol. The van der Waals surface area contributed by atoms with Crippen molar-refractivity contribution in [2.45, 2.75) is 49.9 Å². The number of ether oxygens (including phenoxy) is 1. The van der Waals surface area contributed by atoms with Gasteiger partial charge in [0.25, 0.3) is 0 Å². The first-order chi connectivity index (χ1) is 10.8. The van der Waals surface area contributed by atoms with Crippen molar-refractivity contribution in [3.05, 3.63) is 24.5 Å². The number of pyridine rings is 1. The molecule has 0 N–H and O–H groups in total. The Morgan fingerprint density at radius 2 is 2.00 bits per heavy atom. The van der Waals surface area contributed by atoms with Crippen molar-refractivity contribution in [1.82, 2.24) is 9.88 Å². The topological polar surface area (TPSA) is 42.4 Å². The standard InChI is InChI=1S/C17H24N2O2S/c20-17(13-22-16-5-1-2-6-16)19-11-3-4-15(12-19)21-14-7-9-18-10-8-14/h7-10,15-16H,1-6,11-13H2. The van der Waals surface area contributed by atoms with E-state index in [4.69, 9.17) is 4.74 Å². The fourth-order valence-electron chi connectivity index (χ4n) is 3.21. The van der Waals surface area contributed by atoms with E-state index in [1.54, 1.807) is 12.4 Å². The van der Waals surface area contributed by atoms with Gasteiger partial charge in [-0.05, 0) is 37.8 Å². The summed E-state index contributed by atoms with van der Waals surface area (Å²) in [6.07, 6.45) is 10.8. The number of aromatic nitrogens is 1. The molecule has 2 heterocycles. The fraction of sp³-hybridized carbons (Fsp3) is 0.647. The van der Waals surface area contributed by atoms with Gasteiger partial charge in [0.2, 0.25) is 5.91 Å². The van der Waals surface area contributed by atoms with E-state index in [9.17, 15) is 4.79 Å². The van der Waals surface area contributed by atoms with Crippen LogP contribution in [0.4, 0.5) is 0 Å². The molecule has 0 bridgehead atoms. The highest BCUT2D eigenvalue weighted by Gasteiger charge is 2.26. The normalized spacial score (nSPS) is 22.7. The minimum Gasteiger partial charge on any atom is -0.488 e. The molecule has 2 fully saturated rings. The maximum Gasteiger partial charge on any atom is 0.232 e. The van der Waals surface area contributed by atoms with E-state index in [1.165, 1.54) is 25.7 Å². The molecule has 1 saturated carbocycles. The van der Waals surface area contributed by atoms with Crippen molar-refractivity contribution in [1.29, 1.82) is 0 Å². The van der Waals surface area contributed by atoms with Gasteiger partial charge in [-0.15, -0.1) is 11.8 Å². The van der Waals surface area contributed by atoms with Gasteiger partial charge in [0.15, 0.2) is 0 Å². The molecule has 3 rings (SSSR count). The van der Waals surface area contributed by atoms with Gasteiger partial charge in [0.1, 0.15) is 11.9 Å². The Morgan fingerprint density at radius 3 is 2.77 bits per heavy atom. The molecule has 1 aliphatic heterocycles. The number of hydrogen-bond donors (Lipinski definition) is 0. The summed E-state index contributed by atoms with van der Waals surface area (Å²) in [5.74, 6) is 1.75. The van der Waals surface area contributed by atoms with Gasteiger partial charge in [0, 0.05) is 24.2 Å². The predicted molar refractivity (Wildman–Crippen MR) is 89.2 cm³/mol. The molecule has 1 saturated heterocycles. The van der Waals surface area contributed by atoms with E-state index in [0.29, 0.717) is 17.5 Å². The third kappa shape index (κ3) is 4.38. The summed E-state index contributed by atoms with van der Waals surface area (Å²) >= 11 is 1.85. The number of nitrogens with zero attached hydrogens (tertiary/aromatic N) is 2. The number of piperidine rings is 1. The molecule has 1 amide bonds. The van der Waals surface area contributed by atoms with Crippen LogP contribution in [-0.4, -0.2) is 46.0 Å². The van der Waals surface area contributed by atoms with E-state index < -0.39 is 0 Å². The molecule has 1 aromatic rings. The fourth-order valence-corrected chi connectivity index (χ4v) is 4.43. The van der Waals surface area contributed by atoms with Crippen molar-refractivity contribution >= 4 is 17.7 Å². The smallest absolute Gasteiger partial charge is 0.232 e. The Hall–Kier alpha value is -1.23. The second-order valence-electron chi connectivity index (χ2n) is 6.12. The Morgan fingerprint density at radius 1 is 1.23 bits per heavy atom. The molecular formula is C17H24N2O2S. The summed E-state index contributed by atoms with van der Waals surface area (Å²) in [5, 5.41) is 0.706. The molecule has 22 heavy (non-hydrogen) atoms. The van der Waals surface area contributed by atoms with Gasteiger partial charge in [-0.25, -0.2) is 0 Å². The van der Waals surface area contributed by atoms with Gasteiger partial charge in [-0.1, -0.05) is 12.8 Å². The van der Waals surface area contributed by atoms with Crippen LogP contribution in [0.3, 0.4) is 0 Å². The maximum absolute atomic E-state index is 12.4. The highest BCUT2D eigenvalue weighted by atomic mass is 32.2. The molecule has 1 unspecified atom stereocenters. The third-order valence-corrected chi connectivity index (χ3v) is 5.78. The lowest BCUT2D eigenvalue weighted by atomic mass is 10.1. The Balaban J connectivity index is 1.46. The zero-order valence-electron chi connectivity index (χ0n) is 12.9. The Labute approximate surface area is 136 Å². The summed E-state index contributed by atoms with van der Waals surface area (Å²) in [5.41, 5.74) is 0. The maximum atomic E-state index is 12.4. The molecule has 1 aromatic heterocycles. The van der Waals surface area contributed by atoms with Crippen LogP contribution in [0.2, 0.25) is 0 Å². The Bertz CT molecular complexity index is 477. The first-order valence-corrected chi connectivity index (χ1v) is 9.32. The number of thioether (sulfide) groups is 1. The van der Waals surface area contributed by atoms with Crippen LogP contribution in [0, 0.1) is 0 Å². The van der Waals surface area contributed by atoms with Crippen LogP contribution in [-0.2, 0) is 4.79 Å². The number of rotatable bonds is 5. The number of carbonyl (C=O) groups excluding carboxylic acids is 1. The number of amides is 1. The number of carbonyl (C=O) groups is 1. The first kappa shape index (κ1) is 15.7. The van der Waals surface area contributed by atoms with Crippen molar-refractivity contribution in [3.8, 4) is 5.75 Å². The highest BCUT2D eigenvalue weighted by Crippen LogP contribution is 2.29. The van der Waals surface area contributed by atoms with E-state index in [1.807, 2.05) is 28.8 Å². The lowest BCUT2D eigenvalue weighted by Gasteiger charge is -2.33. The molecule has 1 aliphatic carbocycles. The minimum atomic E-state index is 0.108. The highest BCUT2D eigenvalue weighted by molar-refractivity contribution is 8.00. The summed E-state index contributed by atoms with van der Waals surface area (Å²) in [6.45, 7) is 1.59. The molecule has 0 spiro atoms. The van der Waals surface area contributed by atoms with Crippen LogP contribution in [0.25, 0.3) is 0 Å². The largest absolute Gasteiger partial charge is 0.488 e. The summed E-state index contributed by atoms with van der Waals surface area (Å²) in [7, 11) is 0. The minimum absolute atomic E-state index is 0.108. The van der Waals surface area contributed by atoms with Crippen molar-refractivity contribution in [3.63, 3.8) is 0 Å². The number of likely N-dealkylation sites (tertiary alicyclic amines) is 1. The monoisotopic (exact) mass is 320 g/mol. The van der Waals surface area contributed by atoms with E-state index in [0.717, 1.165) is 25.1 Å². The van der Waals surface area contributed by atoms with Crippen LogP contribution in [0.5, 0.6) is 5.75 Å². The zero-order chi connectivity index (χ0) is 15.2. The van der Waals surface area contributed by atoms with Crippen LogP contribution < -0.4 is 4.74 Å². The van der Waals surface area contributed by atoms with Crippen molar-refractivity contribution < 1.29 is 9.53 Å². The second kappa shape index (κ2) is 7.86. The molecule has 4 nitrogen and oxygen atoms in total. The predicted octanol–water partition coefficient (Wildman–Crippen LogP) is 3.13. The third-order valence-electron chi connectivity index (χ3n) is 4.43. The van der Waals surface area contributed by atoms with E-state index >= 15 is 0 Å². The van der Waals surface area contributed by atoms with E-state index in [2.05, 4.69) is 4.98 Å². The van der Waals surface area contributed by atoms with Crippen molar-refractivity contribution in [2.24, 2.45) is 0 Å². The van der Waals surface area contributed by atoms with Gasteiger partial charge >= 0.3 is 0 Å². The first-order valence-electron chi connectivity index (χ1n) is 8.27. The van der Waals surface area contributed by atoms with Gasteiger partial charge in [-0.2, -0.15) is 0 Å². The van der Waals surface area contributed by atoms with Crippen LogP contribution in [0.15, 0.2) is 24.5 Å². The summed E-state index contributed by atoms with van der Waals surface area (Å²) in [4.78, 5) is 18.4.